The summed E-state index contributed by atoms with van der Waals surface area (Å²) in [6.45, 7) is 17.2. The van der Waals surface area contributed by atoms with Crippen LogP contribution in [0.5, 0.6) is 0 Å². The van der Waals surface area contributed by atoms with Crippen LogP contribution in [-0.2, 0) is 9.53 Å². The molecule has 2 nitrogen and oxygen atoms in total. The van der Waals surface area contributed by atoms with Crippen molar-refractivity contribution in [3.05, 3.63) is 0 Å². The summed E-state index contributed by atoms with van der Waals surface area (Å²) in [5.41, 5.74) is 1.94. The van der Waals surface area contributed by atoms with E-state index < -0.39 is 0 Å². The third-order valence-electron chi connectivity index (χ3n) is 13.7. The Kier molecular flexibility index (Phi) is 4.45. The Morgan fingerprint density at radius 1 is 0.812 bits per heavy atom. The fourth-order valence-corrected chi connectivity index (χ4v) is 11.6. The number of rotatable bonds is 0. The van der Waals surface area contributed by atoms with Gasteiger partial charge in [-0.2, -0.15) is 0 Å². The summed E-state index contributed by atoms with van der Waals surface area (Å²) in [6.07, 6.45) is 14.0. The molecule has 6 fully saturated rings. The third kappa shape index (κ3) is 2.45. The first-order valence-corrected chi connectivity index (χ1v) is 14.0. The molecule has 2 heteroatoms. The molecule has 1 heterocycles. The number of Topliss-reactive ketones (excluding diaryl/α,β-unsaturated/α-hetero) is 1. The molecule has 32 heavy (non-hydrogen) atoms. The van der Waals surface area contributed by atoms with Gasteiger partial charge < -0.3 is 4.74 Å². The van der Waals surface area contributed by atoms with Crippen LogP contribution < -0.4 is 0 Å². The number of hydrogen-bond acceptors (Lipinski definition) is 2. The molecule has 0 unspecified atom stereocenters. The van der Waals surface area contributed by atoms with Gasteiger partial charge in [-0.15, -0.1) is 0 Å². The second kappa shape index (κ2) is 6.44. The number of fused-ring (bicyclic) bond motifs is 3. The predicted molar refractivity (Wildman–Crippen MR) is 129 cm³/mol. The van der Waals surface area contributed by atoms with E-state index >= 15 is 0 Å². The molecule has 1 spiro atoms. The van der Waals surface area contributed by atoms with Gasteiger partial charge in [-0.1, -0.05) is 41.5 Å². The molecule has 6 aliphatic rings. The molecule has 2 bridgehead atoms. The lowest BCUT2D eigenvalue weighted by Gasteiger charge is -2.77. The van der Waals surface area contributed by atoms with E-state index in [1.54, 1.807) is 0 Å². The minimum atomic E-state index is 0.119. The van der Waals surface area contributed by atoms with E-state index in [0.29, 0.717) is 39.3 Å². The summed E-state index contributed by atoms with van der Waals surface area (Å²) in [4.78, 5) is 13.7. The average Bonchev–Trinajstić information content (AvgIpc) is 2.73. The summed E-state index contributed by atoms with van der Waals surface area (Å²) in [5.74, 6) is 3.01. The first-order chi connectivity index (χ1) is 14.9. The zero-order valence-electron chi connectivity index (χ0n) is 21.8. The SMILES string of the molecule is C[C@H]1CCC(=O)[C@@H]2[C@]1(C)CC[C@H]1[C@@]23CC[C@@]2(C)[C@@H]4CC(C)(C)CC[C@]4(C)CC[C@@]12COC3. The van der Waals surface area contributed by atoms with Crippen molar-refractivity contribution in [2.75, 3.05) is 13.2 Å². The van der Waals surface area contributed by atoms with Gasteiger partial charge in [-0.3, -0.25) is 4.79 Å². The van der Waals surface area contributed by atoms with Gasteiger partial charge in [0, 0.05) is 23.2 Å². The van der Waals surface area contributed by atoms with Gasteiger partial charge >= 0.3 is 0 Å². The van der Waals surface area contributed by atoms with E-state index in [9.17, 15) is 4.79 Å². The van der Waals surface area contributed by atoms with Gasteiger partial charge in [0.25, 0.3) is 0 Å². The molecule has 180 valence electrons. The molecule has 5 aliphatic carbocycles. The number of ketones is 1. The maximum atomic E-state index is 13.7. The Balaban J connectivity index is 1.46. The van der Waals surface area contributed by atoms with Crippen molar-refractivity contribution in [2.24, 2.45) is 56.2 Å². The van der Waals surface area contributed by atoms with Gasteiger partial charge in [-0.05, 0) is 104 Å². The molecular formula is C30H48O2. The Hall–Kier alpha value is -0.370. The van der Waals surface area contributed by atoms with Crippen molar-refractivity contribution in [1.82, 2.24) is 0 Å². The predicted octanol–water partition coefficient (Wildman–Crippen LogP) is 7.45. The summed E-state index contributed by atoms with van der Waals surface area (Å²) in [6, 6.07) is 0. The lowest BCUT2D eigenvalue weighted by Crippen LogP contribution is -2.73. The maximum absolute atomic E-state index is 13.7. The second-order valence-electron chi connectivity index (χ2n) is 15.3. The molecule has 6 rings (SSSR count). The van der Waals surface area contributed by atoms with Gasteiger partial charge in [0.2, 0.25) is 0 Å². The zero-order valence-corrected chi connectivity index (χ0v) is 21.8. The minimum absolute atomic E-state index is 0.119. The summed E-state index contributed by atoms with van der Waals surface area (Å²) in [7, 11) is 0. The molecule has 9 atom stereocenters. The highest BCUT2D eigenvalue weighted by Gasteiger charge is 2.75. The highest BCUT2D eigenvalue weighted by molar-refractivity contribution is 5.84. The number of ether oxygens (including phenoxy) is 1. The Labute approximate surface area is 197 Å². The van der Waals surface area contributed by atoms with Gasteiger partial charge in [0.1, 0.15) is 5.78 Å². The fraction of sp³-hybridized carbons (Fsp3) is 0.967. The summed E-state index contributed by atoms with van der Waals surface area (Å²) >= 11 is 0. The first-order valence-electron chi connectivity index (χ1n) is 14.0. The van der Waals surface area contributed by atoms with Crippen LogP contribution in [0.2, 0.25) is 0 Å². The van der Waals surface area contributed by atoms with Crippen LogP contribution in [0.1, 0.15) is 112 Å². The molecule has 0 N–H and O–H groups in total. The number of carbonyl (C=O) groups excluding carboxylic acids is 1. The quantitative estimate of drug-likeness (QED) is 0.391. The summed E-state index contributed by atoms with van der Waals surface area (Å²) in [5, 5.41) is 0. The van der Waals surface area contributed by atoms with E-state index in [-0.39, 0.29) is 16.7 Å². The molecular weight excluding hydrogens is 392 g/mol. The van der Waals surface area contributed by atoms with Crippen molar-refractivity contribution in [1.29, 1.82) is 0 Å². The molecule has 1 aliphatic heterocycles. The highest BCUT2D eigenvalue weighted by Crippen LogP contribution is 2.79. The largest absolute Gasteiger partial charge is 0.380 e. The van der Waals surface area contributed by atoms with Crippen molar-refractivity contribution in [2.45, 2.75) is 112 Å². The Morgan fingerprint density at radius 2 is 1.56 bits per heavy atom. The smallest absolute Gasteiger partial charge is 0.137 e. The lowest BCUT2D eigenvalue weighted by molar-refractivity contribution is -0.317. The van der Waals surface area contributed by atoms with Crippen LogP contribution in [0.25, 0.3) is 0 Å². The normalized spacial score (nSPS) is 58.8. The van der Waals surface area contributed by atoms with Crippen molar-refractivity contribution in [3.63, 3.8) is 0 Å². The molecule has 5 saturated carbocycles. The van der Waals surface area contributed by atoms with Crippen LogP contribution >= 0.6 is 0 Å². The Morgan fingerprint density at radius 3 is 2.34 bits per heavy atom. The minimum Gasteiger partial charge on any atom is -0.380 e. The van der Waals surface area contributed by atoms with Crippen LogP contribution in [-0.4, -0.2) is 19.0 Å². The number of carbonyl (C=O) groups is 1. The van der Waals surface area contributed by atoms with Crippen LogP contribution in [0.3, 0.4) is 0 Å². The van der Waals surface area contributed by atoms with Crippen molar-refractivity contribution < 1.29 is 9.53 Å². The molecule has 0 aromatic heterocycles. The van der Waals surface area contributed by atoms with Gasteiger partial charge in [0.05, 0.1) is 13.2 Å². The maximum Gasteiger partial charge on any atom is 0.137 e. The fourth-order valence-electron chi connectivity index (χ4n) is 11.6. The molecule has 1 saturated heterocycles. The topological polar surface area (TPSA) is 26.3 Å². The number of hydrogen-bond donors (Lipinski definition) is 0. The highest BCUT2D eigenvalue weighted by atomic mass is 16.5. The first kappa shape index (κ1) is 22.1. The zero-order chi connectivity index (χ0) is 22.8. The molecule has 0 radical (unpaired) electrons. The van der Waals surface area contributed by atoms with Gasteiger partial charge in [0.15, 0.2) is 0 Å². The summed E-state index contributed by atoms with van der Waals surface area (Å²) < 4.78 is 6.71. The molecule has 0 aromatic carbocycles. The van der Waals surface area contributed by atoms with E-state index in [4.69, 9.17) is 4.74 Å². The Bertz CT molecular complexity index is 831. The lowest BCUT2D eigenvalue weighted by atomic mass is 9.29. The van der Waals surface area contributed by atoms with E-state index in [2.05, 4.69) is 41.5 Å². The average molecular weight is 441 g/mol. The molecule has 0 aromatic rings. The third-order valence-corrected chi connectivity index (χ3v) is 13.7. The van der Waals surface area contributed by atoms with Crippen LogP contribution in [0, 0.1) is 56.2 Å². The van der Waals surface area contributed by atoms with Crippen LogP contribution in [0.4, 0.5) is 0 Å². The standard InChI is InChI=1S/C30H48O2/c1-20-7-8-21(31)24-27(20,5)10-9-22-29(24)15-14-28(6)23-17-25(2,3)11-12-26(23,4)13-16-30(22,28)19-32-18-29/h20,22-24H,7-19H2,1-6H3/t20-,22-,23+,24+,26+,27+,28-,29-,30+/m0/s1. The van der Waals surface area contributed by atoms with E-state index in [1.807, 2.05) is 0 Å². The van der Waals surface area contributed by atoms with Gasteiger partial charge in [-0.25, -0.2) is 0 Å². The van der Waals surface area contributed by atoms with E-state index in [1.165, 1.54) is 57.8 Å². The molecule has 0 amide bonds. The second-order valence-corrected chi connectivity index (χ2v) is 15.3. The van der Waals surface area contributed by atoms with Crippen LogP contribution in [0.15, 0.2) is 0 Å². The van der Waals surface area contributed by atoms with Crippen molar-refractivity contribution >= 4 is 5.78 Å². The van der Waals surface area contributed by atoms with E-state index in [0.717, 1.165) is 32.0 Å². The monoisotopic (exact) mass is 440 g/mol. The van der Waals surface area contributed by atoms with Crippen molar-refractivity contribution in [3.8, 4) is 0 Å².